The first-order chi connectivity index (χ1) is 6.12. The summed E-state index contributed by atoms with van der Waals surface area (Å²) in [4.78, 5) is 12.0. The SMILES string of the molecule is CC1CCCC(C(=O)C2(C)CC2)C1. The Kier molecular flexibility index (Phi) is 2.21. The van der Waals surface area contributed by atoms with Gasteiger partial charge in [0.1, 0.15) is 5.78 Å². The van der Waals surface area contributed by atoms with Crippen molar-refractivity contribution in [2.45, 2.75) is 52.4 Å². The van der Waals surface area contributed by atoms with E-state index in [1.54, 1.807) is 0 Å². The minimum absolute atomic E-state index is 0.113. The summed E-state index contributed by atoms with van der Waals surface area (Å²) < 4.78 is 0. The van der Waals surface area contributed by atoms with E-state index in [9.17, 15) is 4.79 Å². The molecule has 74 valence electrons. The van der Waals surface area contributed by atoms with Gasteiger partial charge in [-0.25, -0.2) is 0 Å². The highest BCUT2D eigenvalue weighted by Gasteiger charge is 2.47. The van der Waals surface area contributed by atoms with Crippen molar-refractivity contribution in [2.75, 3.05) is 0 Å². The van der Waals surface area contributed by atoms with E-state index in [1.807, 2.05) is 0 Å². The van der Waals surface area contributed by atoms with Gasteiger partial charge in [-0.05, 0) is 31.6 Å². The molecule has 0 N–H and O–H groups in total. The maximum absolute atomic E-state index is 12.0. The van der Waals surface area contributed by atoms with Gasteiger partial charge in [0.25, 0.3) is 0 Å². The molecule has 2 aliphatic carbocycles. The van der Waals surface area contributed by atoms with Crippen LogP contribution in [0.3, 0.4) is 0 Å². The Labute approximate surface area is 80.9 Å². The zero-order chi connectivity index (χ0) is 9.47. The first-order valence-electron chi connectivity index (χ1n) is 5.66. The Hall–Kier alpha value is -0.330. The van der Waals surface area contributed by atoms with Gasteiger partial charge >= 0.3 is 0 Å². The van der Waals surface area contributed by atoms with Crippen LogP contribution in [0.1, 0.15) is 52.4 Å². The van der Waals surface area contributed by atoms with Gasteiger partial charge in [0.2, 0.25) is 0 Å². The molecule has 0 aromatic carbocycles. The fourth-order valence-corrected chi connectivity index (χ4v) is 2.60. The van der Waals surface area contributed by atoms with Gasteiger partial charge in [-0.2, -0.15) is 0 Å². The van der Waals surface area contributed by atoms with Crippen molar-refractivity contribution < 1.29 is 4.79 Å². The monoisotopic (exact) mass is 180 g/mol. The summed E-state index contributed by atoms with van der Waals surface area (Å²) in [6.07, 6.45) is 7.23. The molecule has 2 atom stereocenters. The summed E-state index contributed by atoms with van der Waals surface area (Å²) in [5.74, 6) is 1.78. The van der Waals surface area contributed by atoms with Crippen LogP contribution in [0.5, 0.6) is 0 Å². The molecule has 2 fully saturated rings. The summed E-state index contributed by atoms with van der Waals surface area (Å²) in [5, 5.41) is 0. The topological polar surface area (TPSA) is 17.1 Å². The van der Waals surface area contributed by atoms with Gasteiger partial charge in [0.05, 0.1) is 0 Å². The minimum Gasteiger partial charge on any atom is -0.299 e. The van der Waals surface area contributed by atoms with Crippen LogP contribution in [0.25, 0.3) is 0 Å². The molecule has 0 saturated heterocycles. The lowest BCUT2D eigenvalue weighted by Crippen LogP contribution is -2.27. The zero-order valence-electron chi connectivity index (χ0n) is 8.81. The molecule has 0 bridgehead atoms. The predicted molar refractivity (Wildman–Crippen MR) is 53.5 cm³/mol. The number of carbonyl (C=O) groups is 1. The molecule has 1 nitrogen and oxygen atoms in total. The standard InChI is InChI=1S/C12H20O/c1-9-4-3-5-10(8-9)11(13)12(2)6-7-12/h9-10H,3-8H2,1-2H3. The molecule has 13 heavy (non-hydrogen) atoms. The van der Waals surface area contributed by atoms with Gasteiger partial charge in [-0.3, -0.25) is 4.79 Å². The van der Waals surface area contributed by atoms with Crippen LogP contribution in [0.4, 0.5) is 0 Å². The zero-order valence-corrected chi connectivity index (χ0v) is 8.81. The highest BCUT2D eigenvalue weighted by Crippen LogP contribution is 2.49. The lowest BCUT2D eigenvalue weighted by atomic mass is 9.77. The minimum atomic E-state index is 0.113. The molecular formula is C12H20O. The average molecular weight is 180 g/mol. The third-order valence-electron chi connectivity index (χ3n) is 3.90. The van der Waals surface area contributed by atoms with E-state index in [0.29, 0.717) is 11.7 Å². The van der Waals surface area contributed by atoms with E-state index >= 15 is 0 Å². The summed E-state index contributed by atoms with van der Waals surface area (Å²) >= 11 is 0. The van der Waals surface area contributed by atoms with Gasteiger partial charge in [0.15, 0.2) is 0 Å². The number of Topliss-reactive ketones (excluding diaryl/α,β-unsaturated/α-hetero) is 1. The Morgan fingerprint density at radius 2 is 2.00 bits per heavy atom. The molecule has 2 rings (SSSR count). The van der Waals surface area contributed by atoms with Crippen LogP contribution in [0.15, 0.2) is 0 Å². The Morgan fingerprint density at radius 1 is 1.31 bits per heavy atom. The van der Waals surface area contributed by atoms with Crippen LogP contribution in [-0.4, -0.2) is 5.78 Å². The predicted octanol–water partition coefficient (Wildman–Crippen LogP) is 3.18. The molecule has 0 aliphatic heterocycles. The maximum atomic E-state index is 12.0. The quantitative estimate of drug-likeness (QED) is 0.638. The molecule has 0 aromatic heterocycles. The first-order valence-corrected chi connectivity index (χ1v) is 5.66. The normalized spacial score (nSPS) is 37.1. The third-order valence-corrected chi connectivity index (χ3v) is 3.90. The smallest absolute Gasteiger partial charge is 0.141 e. The molecule has 0 amide bonds. The van der Waals surface area contributed by atoms with Crippen molar-refractivity contribution in [3.05, 3.63) is 0 Å². The van der Waals surface area contributed by atoms with Crippen molar-refractivity contribution in [1.29, 1.82) is 0 Å². The van der Waals surface area contributed by atoms with E-state index in [1.165, 1.54) is 19.3 Å². The number of hydrogen-bond acceptors (Lipinski definition) is 1. The second kappa shape index (κ2) is 3.11. The van der Waals surface area contributed by atoms with E-state index in [2.05, 4.69) is 13.8 Å². The summed E-state index contributed by atoms with van der Waals surface area (Å²) in [7, 11) is 0. The molecule has 1 heteroatoms. The van der Waals surface area contributed by atoms with Crippen LogP contribution in [0, 0.1) is 17.3 Å². The summed E-state index contributed by atoms with van der Waals surface area (Å²) in [6.45, 7) is 4.43. The molecule has 0 aromatic rings. The van der Waals surface area contributed by atoms with Crippen molar-refractivity contribution >= 4 is 5.78 Å². The van der Waals surface area contributed by atoms with Gasteiger partial charge < -0.3 is 0 Å². The van der Waals surface area contributed by atoms with Crippen LogP contribution < -0.4 is 0 Å². The van der Waals surface area contributed by atoms with Crippen molar-refractivity contribution in [3.8, 4) is 0 Å². The number of hydrogen-bond donors (Lipinski definition) is 0. The first kappa shape index (κ1) is 9.23. The van der Waals surface area contributed by atoms with Crippen molar-refractivity contribution in [2.24, 2.45) is 17.3 Å². The molecule has 2 saturated carbocycles. The molecule has 2 aliphatic rings. The molecular weight excluding hydrogens is 160 g/mol. The fraction of sp³-hybridized carbons (Fsp3) is 0.917. The van der Waals surface area contributed by atoms with Gasteiger partial charge in [-0.15, -0.1) is 0 Å². The van der Waals surface area contributed by atoms with Crippen molar-refractivity contribution in [3.63, 3.8) is 0 Å². The van der Waals surface area contributed by atoms with E-state index in [-0.39, 0.29) is 5.41 Å². The molecule has 0 heterocycles. The summed E-state index contributed by atoms with van der Waals surface area (Å²) in [5.41, 5.74) is 0.113. The highest BCUT2D eigenvalue weighted by molar-refractivity contribution is 5.89. The van der Waals surface area contributed by atoms with Gasteiger partial charge in [0, 0.05) is 11.3 Å². The van der Waals surface area contributed by atoms with Crippen LogP contribution in [-0.2, 0) is 4.79 Å². The molecule has 0 radical (unpaired) electrons. The van der Waals surface area contributed by atoms with Gasteiger partial charge in [-0.1, -0.05) is 26.7 Å². The Balaban J connectivity index is 1.96. The van der Waals surface area contributed by atoms with E-state index in [4.69, 9.17) is 0 Å². The number of rotatable bonds is 2. The highest BCUT2D eigenvalue weighted by atomic mass is 16.1. The lowest BCUT2D eigenvalue weighted by Gasteiger charge is -2.27. The maximum Gasteiger partial charge on any atom is 0.141 e. The third kappa shape index (κ3) is 1.79. The second-order valence-electron chi connectivity index (χ2n) is 5.39. The lowest BCUT2D eigenvalue weighted by molar-refractivity contribution is -0.129. The average Bonchev–Trinajstić information content (AvgIpc) is 2.84. The number of carbonyl (C=O) groups excluding carboxylic acids is 1. The Bertz CT molecular complexity index is 215. The fourth-order valence-electron chi connectivity index (χ4n) is 2.60. The van der Waals surface area contributed by atoms with Crippen LogP contribution in [0.2, 0.25) is 0 Å². The summed E-state index contributed by atoms with van der Waals surface area (Å²) in [6, 6.07) is 0. The van der Waals surface area contributed by atoms with Crippen molar-refractivity contribution in [1.82, 2.24) is 0 Å². The second-order valence-corrected chi connectivity index (χ2v) is 5.39. The van der Waals surface area contributed by atoms with E-state index in [0.717, 1.165) is 25.2 Å². The molecule has 0 spiro atoms. The van der Waals surface area contributed by atoms with E-state index < -0.39 is 0 Å². The molecule has 2 unspecified atom stereocenters. The largest absolute Gasteiger partial charge is 0.299 e. The van der Waals surface area contributed by atoms with Crippen LogP contribution >= 0.6 is 0 Å². The number of ketones is 1. The Morgan fingerprint density at radius 3 is 2.54 bits per heavy atom.